The van der Waals surface area contributed by atoms with Gasteiger partial charge in [0.1, 0.15) is 5.78 Å². The molecular formula is C13H18N4O2. The van der Waals surface area contributed by atoms with Crippen molar-refractivity contribution in [3.05, 3.63) is 11.9 Å². The number of amides is 1. The minimum Gasteiger partial charge on any atom is -0.333 e. The first-order valence-electron chi connectivity index (χ1n) is 6.97. The topological polar surface area (TPSA) is 79.0 Å². The molecule has 2 fully saturated rings. The van der Waals surface area contributed by atoms with Crippen molar-refractivity contribution in [1.29, 1.82) is 0 Å². The number of aromatic amines is 1. The largest absolute Gasteiger partial charge is 0.333 e. The average molecular weight is 262 g/mol. The van der Waals surface area contributed by atoms with Crippen molar-refractivity contribution in [2.75, 3.05) is 6.54 Å². The summed E-state index contributed by atoms with van der Waals surface area (Å²) in [6, 6.07) is 0.0667. The van der Waals surface area contributed by atoms with Gasteiger partial charge in [-0.15, -0.1) is 0 Å². The molecule has 1 amide bonds. The molecule has 102 valence electrons. The normalized spacial score (nSPS) is 27.8. The van der Waals surface area contributed by atoms with E-state index in [-0.39, 0.29) is 17.9 Å². The second-order valence-corrected chi connectivity index (χ2v) is 5.38. The number of carbonyl (C=O) groups excluding carboxylic acids is 2. The lowest BCUT2D eigenvalue weighted by Gasteiger charge is -2.32. The van der Waals surface area contributed by atoms with Gasteiger partial charge in [0.15, 0.2) is 5.69 Å². The molecule has 6 nitrogen and oxygen atoms in total. The third-order valence-corrected chi connectivity index (χ3v) is 4.26. The summed E-state index contributed by atoms with van der Waals surface area (Å²) < 4.78 is 0. The molecule has 6 heteroatoms. The molecule has 1 saturated heterocycles. The second-order valence-electron chi connectivity index (χ2n) is 5.38. The van der Waals surface area contributed by atoms with Gasteiger partial charge < -0.3 is 4.90 Å². The maximum Gasteiger partial charge on any atom is 0.276 e. The van der Waals surface area contributed by atoms with Gasteiger partial charge in [0, 0.05) is 24.9 Å². The van der Waals surface area contributed by atoms with E-state index in [2.05, 4.69) is 15.4 Å². The van der Waals surface area contributed by atoms with Gasteiger partial charge in [-0.25, -0.2) is 0 Å². The first-order chi connectivity index (χ1) is 9.27. The fourth-order valence-electron chi connectivity index (χ4n) is 3.33. The van der Waals surface area contributed by atoms with Crippen molar-refractivity contribution in [2.24, 2.45) is 5.92 Å². The highest BCUT2D eigenvalue weighted by Gasteiger charge is 2.39. The molecule has 19 heavy (non-hydrogen) atoms. The molecule has 2 unspecified atom stereocenters. The number of likely N-dealkylation sites (tertiary alicyclic amines) is 1. The number of hydrogen-bond donors (Lipinski definition) is 1. The third kappa shape index (κ3) is 2.27. The first kappa shape index (κ1) is 12.3. The summed E-state index contributed by atoms with van der Waals surface area (Å²) in [5, 5.41) is 9.99. The van der Waals surface area contributed by atoms with Crippen LogP contribution in [0.2, 0.25) is 0 Å². The zero-order valence-corrected chi connectivity index (χ0v) is 10.8. The Morgan fingerprint density at radius 2 is 2.21 bits per heavy atom. The Labute approximate surface area is 111 Å². The molecule has 0 aromatic carbocycles. The highest BCUT2D eigenvalue weighted by atomic mass is 16.2. The predicted octanol–water partition coefficient (Wildman–Crippen LogP) is 1.17. The molecule has 1 saturated carbocycles. The van der Waals surface area contributed by atoms with E-state index in [1.54, 1.807) is 0 Å². The Bertz CT molecular complexity index is 471. The van der Waals surface area contributed by atoms with Crippen LogP contribution in [0.1, 0.15) is 49.0 Å². The summed E-state index contributed by atoms with van der Waals surface area (Å²) in [7, 11) is 0. The van der Waals surface area contributed by atoms with Crippen LogP contribution in [0.4, 0.5) is 0 Å². The number of H-pyrrole nitrogens is 1. The van der Waals surface area contributed by atoms with Crippen LogP contribution in [-0.2, 0) is 4.79 Å². The SMILES string of the molecule is O=C1CCCCC1C1CCCN1C(=O)c1cn[nH]n1. The highest BCUT2D eigenvalue weighted by Crippen LogP contribution is 2.32. The molecule has 1 aliphatic heterocycles. The lowest BCUT2D eigenvalue weighted by Crippen LogP contribution is -2.43. The van der Waals surface area contributed by atoms with Crippen LogP contribution < -0.4 is 0 Å². The summed E-state index contributed by atoms with van der Waals surface area (Å²) in [6.45, 7) is 0.722. The monoisotopic (exact) mass is 262 g/mol. The number of nitrogens with zero attached hydrogens (tertiary/aromatic N) is 3. The van der Waals surface area contributed by atoms with E-state index in [9.17, 15) is 9.59 Å². The second kappa shape index (κ2) is 5.11. The number of rotatable bonds is 2. The minimum atomic E-state index is -0.102. The van der Waals surface area contributed by atoms with Crippen molar-refractivity contribution >= 4 is 11.7 Å². The molecule has 1 aromatic rings. The first-order valence-corrected chi connectivity index (χ1v) is 6.97. The van der Waals surface area contributed by atoms with Gasteiger partial charge in [0.05, 0.1) is 6.20 Å². The van der Waals surface area contributed by atoms with Crippen LogP contribution in [0.25, 0.3) is 0 Å². The van der Waals surface area contributed by atoms with E-state index in [0.29, 0.717) is 17.9 Å². The average Bonchev–Trinajstić information content (AvgIpc) is 3.10. The predicted molar refractivity (Wildman–Crippen MR) is 67.4 cm³/mol. The maximum atomic E-state index is 12.4. The van der Waals surface area contributed by atoms with Gasteiger partial charge in [-0.1, -0.05) is 6.42 Å². The van der Waals surface area contributed by atoms with Crippen LogP contribution in [0, 0.1) is 5.92 Å². The summed E-state index contributed by atoms with van der Waals surface area (Å²) in [5.41, 5.74) is 0.343. The van der Waals surface area contributed by atoms with E-state index in [4.69, 9.17) is 0 Å². The number of aromatic nitrogens is 3. The number of nitrogens with one attached hydrogen (secondary N) is 1. The van der Waals surface area contributed by atoms with E-state index in [1.165, 1.54) is 6.20 Å². The van der Waals surface area contributed by atoms with Crippen molar-refractivity contribution in [1.82, 2.24) is 20.3 Å². The Hall–Kier alpha value is -1.72. The van der Waals surface area contributed by atoms with Gasteiger partial charge >= 0.3 is 0 Å². The third-order valence-electron chi connectivity index (χ3n) is 4.26. The van der Waals surface area contributed by atoms with Gasteiger partial charge in [-0.05, 0) is 25.7 Å². The summed E-state index contributed by atoms with van der Waals surface area (Å²) in [6.07, 6.45) is 7.04. The van der Waals surface area contributed by atoms with Crippen molar-refractivity contribution < 1.29 is 9.59 Å². The Kier molecular flexibility index (Phi) is 3.31. The molecular weight excluding hydrogens is 244 g/mol. The van der Waals surface area contributed by atoms with E-state index in [1.807, 2.05) is 4.90 Å². The quantitative estimate of drug-likeness (QED) is 0.867. The molecule has 3 rings (SSSR count). The van der Waals surface area contributed by atoms with Gasteiger partial charge in [0.2, 0.25) is 0 Å². The molecule has 2 atom stereocenters. The summed E-state index contributed by atoms with van der Waals surface area (Å²) in [5.74, 6) is 0.262. The van der Waals surface area contributed by atoms with Gasteiger partial charge in [0.25, 0.3) is 5.91 Å². The van der Waals surface area contributed by atoms with Crippen LogP contribution in [0.15, 0.2) is 6.20 Å². The van der Waals surface area contributed by atoms with Crippen LogP contribution in [0.5, 0.6) is 0 Å². The Morgan fingerprint density at radius 1 is 1.32 bits per heavy atom. The van der Waals surface area contributed by atoms with Crippen LogP contribution >= 0.6 is 0 Å². The zero-order chi connectivity index (χ0) is 13.2. The molecule has 1 aliphatic carbocycles. The lowest BCUT2D eigenvalue weighted by molar-refractivity contribution is -0.126. The van der Waals surface area contributed by atoms with Gasteiger partial charge in [-0.2, -0.15) is 15.4 Å². The summed E-state index contributed by atoms with van der Waals surface area (Å²) >= 11 is 0. The Balaban J connectivity index is 1.77. The zero-order valence-electron chi connectivity index (χ0n) is 10.8. The number of carbonyl (C=O) groups is 2. The van der Waals surface area contributed by atoms with Crippen molar-refractivity contribution in [3.63, 3.8) is 0 Å². The molecule has 0 bridgehead atoms. The molecule has 0 spiro atoms. The van der Waals surface area contributed by atoms with E-state index in [0.717, 1.165) is 38.6 Å². The fraction of sp³-hybridized carbons (Fsp3) is 0.692. The van der Waals surface area contributed by atoms with Gasteiger partial charge in [-0.3, -0.25) is 9.59 Å². The van der Waals surface area contributed by atoms with Crippen molar-refractivity contribution in [3.8, 4) is 0 Å². The minimum absolute atomic E-state index is 0.0344. The highest BCUT2D eigenvalue weighted by molar-refractivity contribution is 5.93. The molecule has 1 N–H and O–H groups in total. The molecule has 2 aliphatic rings. The lowest BCUT2D eigenvalue weighted by atomic mass is 9.82. The standard InChI is InChI=1S/C13H18N4O2/c18-12-6-2-1-4-9(12)11-5-3-7-17(11)13(19)10-8-14-16-15-10/h8-9,11H,1-7H2,(H,14,15,16). The van der Waals surface area contributed by atoms with Crippen LogP contribution in [-0.4, -0.2) is 44.6 Å². The fourth-order valence-corrected chi connectivity index (χ4v) is 3.33. The number of ketones is 1. The van der Waals surface area contributed by atoms with E-state index < -0.39 is 0 Å². The smallest absolute Gasteiger partial charge is 0.276 e. The number of Topliss-reactive ketones (excluding diaryl/α,β-unsaturated/α-hetero) is 1. The number of hydrogen-bond acceptors (Lipinski definition) is 4. The maximum absolute atomic E-state index is 12.4. The molecule has 2 heterocycles. The Morgan fingerprint density at radius 3 is 2.95 bits per heavy atom. The molecule has 0 radical (unpaired) electrons. The molecule has 1 aromatic heterocycles. The van der Waals surface area contributed by atoms with E-state index >= 15 is 0 Å². The van der Waals surface area contributed by atoms with Crippen LogP contribution in [0.3, 0.4) is 0 Å². The van der Waals surface area contributed by atoms with Crippen molar-refractivity contribution in [2.45, 2.75) is 44.6 Å². The summed E-state index contributed by atoms with van der Waals surface area (Å²) in [4.78, 5) is 26.2.